The van der Waals surface area contributed by atoms with E-state index in [1.807, 2.05) is 0 Å². The molecule has 0 radical (unpaired) electrons. The molecule has 8 nitrogen and oxygen atoms in total. The van der Waals surface area contributed by atoms with Crippen molar-refractivity contribution in [3.05, 3.63) is 75.6 Å². The summed E-state index contributed by atoms with van der Waals surface area (Å²) in [7, 11) is 0. The predicted molar refractivity (Wildman–Crippen MR) is 132 cm³/mol. The maximum Gasteiger partial charge on any atom is 0.326 e. The van der Waals surface area contributed by atoms with Crippen LogP contribution in [0.25, 0.3) is 10.8 Å². The summed E-state index contributed by atoms with van der Waals surface area (Å²) in [5.41, 5.74) is -6.79. The molecule has 2 N–H and O–H groups in total. The topological polar surface area (TPSA) is 127 Å². The number of hydrogen-bond acceptors (Lipinski definition) is 5. The van der Waals surface area contributed by atoms with Gasteiger partial charge in [-0.15, -0.1) is 0 Å². The number of rotatable bonds is 6. The average molecular weight is 498 g/mol. The zero-order chi connectivity index (χ0) is 27.2. The van der Waals surface area contributed by atoms with Gasteiger partial charge in [0.1, 0.15) is 5.75 Å². The number of nitrogens with zero attached hydrogens (tertiary/aromatic N) is 1. The molecule has 0 amide bonds. The molecule has 3 aromatic rings. The first-order chi connectivity index (χ1) is 16.5. The summed E-state index contributed by atoms with van der Waals surface area (Å²) in [5.74, 6) is -5.76. The van der Waals surface area contributed by atoms with E-state index in [0.717, 1.165) is 11.5 Å². The molecular formula is C27H28FNO7. The Morgan fingerprint density at radius 3 is 1.97 bits per heavy atom. The molecule has 0 spiro atoms. The lowest BCUT2D eigenvalue weighted by Gasteiger charge is -2.38. The Balaban J connectivity index is 2.53. The molecule has 0 atom stereocenters. The summed E-state index contributed by atoms with van der Waals surface area (Å²) in [6, 6.07) is 12.9. The van der Waals surface area contributed by atoms with Crippen LogP contribution in [0.15, 0.2) is 48.5 Å². The third-order valence-corrected chi connectivity index (χ3v) is 6.32. The normalized spacial score (nSPS) is 12.4. The second-order valence-electron chi connectivity index (χ2n) is 10.7. The van der Waals surface area contributed by atoms with Crippen molar-refractivity contribution in [3.63, 3.8) is 0 Å². The van der Waals surface area contributed by atoms with E-state index in [1.54, 1.807) is 57.2 Å². The van der Waals surface area contributed by atoms with Gasteiger partial charge in [0.2, 0.25) is 5.75 Å². The van der Waals surface area contributed by atoms with E-state index in [-0.39, 0.29) is 11.3 Å². The summed E-state index contributed by atoms with van der Waals surface area (Å²) in [6.45, 7) is 8.95. The minimum absolute atomic E-state index is 0.0599. The first-order valence-electron chi connectivity index (χ1n) is 11.2. The Morgan fingerprint density at radius 2 is 1.47 bits per heavy atom. The Morgan fingerprint density at radius 1 is 0.917 bits per heavy atom. The van der Waals surface area contributed by atoms with Crippen LogP contribution in [0.4, 0.5) is 10.1 Å². The van der Waals surface area contributed by atoms with Gasteiger partial charge in [0.25, 0.3) is 0 Å². The number of hydrogen-bond donors (Lipinski definition) is 2. The average Bonchev–Trinajstić information content (AvgIpc) is 2.74. The van der Waals surface area contributed by atoms with Crippen LogP contribution in [0.5, 0.6) is 11.5 Å². The van der Waals surface area contributed by atoms with Crippen molar-refractivity contribution in [2.75, 3.05) is 0 Å². The molecule has 0 saturated carbocycles. The summed E-state index contributed by atoms with van der Waals surface area (Å²) in [5, 5.41) is 33.9. The quantitative estimate of drug-likeness (QED) is 0.228. The van der Waals surface area contributed by atoms with Gasteiger partial charge in [-0.3, -0.25) is 19.7 Å². The number of nitro benzene ring substituents is 1. The molecule has 0 saturated heterocycles. The number of carboxylic acid groups (broad SMARTS) is 2. The lowest BCUT2D eigenvalue weighted by Crippen LogP contribution is -2.54. The smallest absolute Gasteiger partial charge is 0.326 e. The Kier molecular flexibility index (Phi) is 6.57. The lowest BCUT2D eigenvalue weighted by atomic mass is 9.61. The zero-order valence-electron chi connectivity index (χ0n) is 20.9. The monoisotopic (exact) mass is 497 g/mol. The molecule has 0 fully saturated rings. The van der Waals surface area contributed by atoms with Gasteiger partial charge in [0.15, 0.2) is 11.2 Å². The molecule has 0 aliphatic carbocycles. The number of benzene rings is 3. The Bertz CT molecular complexity index is 1360. The molecule has 9 heteroatoms. The van der Waals surface area contributed by atoms with Crippen molar-refractivity contribution < 1.29 is 33.9 Å². The SMILES string of the molecule is CC(C)(C)c1cc(C(C(=O)O)(C(=O)O)C(C)(C)C)c(F)c(Oc2cccc3ccccc23)c1[N+](=O)[O-]. The molecule has 0 aliphatic rings. The van der Waals surface area contributed by atoms with Crippen molar-refractivity contribution in [1.29, 1.82) is 0 Å². The number of ether oxygens (including phenoxy) is 1. The van der Waals surface area contributed by atoms with E-state index in [0.29, 0.717) is 5.39 Å². The maximum atomic E-state index is 16.3. The van der Waals surface area contributed by atoms with Crippen LogP contribution in [0, 0.1) is 21.3 Å². The Hall–Kier alpha value is -4.01. The van der Waals surface area contributed by atoms with Gasteiger partial charge in [-0.05, 0) is 28.3 Å². The van der Waals surface area contributed by atoms with E-state index >= 15 is 4.39 Å². The molecule has 0 aliphatic heterocycles. The molecule has 3 rings (SSSR count). The molecule has 190 valence electrons. The van der Waals surface area contributed by atoms with Crippen LogP contribution in [-0.2, 0) is 20.4 Å². The highest BCUT2D eigenvalue weighted by atomic mass is 19.1. The molecule has 36 heavy (non-hydrogen) atoms. The largest absolute Gasteiger partial charge is 0.480 e. The van der Waals surface area contributed by atoms with Crippen molar-refractivity contribution in [3.8, 4) is 11.5 Å². The number of fused-ring (bicyclic) bond motifs is 1. The summed E-state index contributed by atoms with van der Waals surface area (Å²) >= 11 is 0. The van der Waals surface area contributed by atoms with Crippen LogP contribution < -0.4 is 4.74 Å². The number of aliphatic carboxylic acids is 2. The molecule has 3 aromatic carbocycles. The zero-order valence-corrected chi connectivity index (χ0v) is 20.9. The number of halogens is 1. The van der Waals surface area contributed by atoms with Crippen LogP contribution in [0.1, 0.15) is 52.7 Å². The van der Waals surface area contributed by atoms with E-state index in [2.05, 4.69) is 0 Å². The summed E-state index contributed by atoms with van der Waals surface area (Å²) in [6.07, 6.45) is 0. The molecule has 0 unspecified atom stereocenters. The van der Waals surface area contributed by atoms with Gasteiger partial charge >= 0.3 is 17.6 Å². The van der Waals surface area contributed by atoms with Crippen molar-refractivity contribution in [1.82, 2.24) is 0 Å². The fraction of sp³-hybridized carbons (Fsp3) is 0.333. The standard InChI is InChI=1S/C27H28FNO7/c1-25(2,3)18-14-17(27(23(30)31,24(32)33)26(4,5)6)20(28)22(21(18)29(34)35)36-19-13-9-11-15-10-7-8-12-16(15)19/h7-14H,1-6H3,(H,30,31)(H,32,33). The van der Waals surface area contributed by atoms with E-state index in [9.17, 15) is 29.9 Å². The van der Waals surface area contributed by atoms with Crippen molar-refractivity contribution in [2.24, 2.45) is 5.41 Å². The number of nitro groups is 1. The van der Waals surface area contributed by atoms with Gasteiger partial charge in [-0.1, -0.05) is 77.9 Å². The van der Waals surface area contributed by atoms with Gasteiger partial charge in [0, 0.05) is 16.5 Å². The molecule has 0 aromatic heterocycles. The molecular weight excluding hydrogens is 469 g/mol. The molecule has 0 bridgehead atoms. The van der Waals surface area contributed by atoms with Crippen LogP contribution in [0.3, 0.4) is 0 Å². The highest BCUT2D eigenvalue weighted by Crippen LogP contribution is 2.51. The summed E-state index contributed by atoms with van der Waals surface area (Å²) < 4.78 is 22.2. The van der Waals surface area contributed by atoms with Crippen LogP contribution in [-0.4, -0.2) is 27.1 Å². The Labute approximate surface area is 207 Å². The highest BCUT2D eigenvalue weighted by Gasteiger charge is 2.60. The van der Waals surface area contributed by atoms with Crippen LogP contribution >= 0.6 is 0 Å². The third-order valence-electron chi connectivity index (χ3n) is 6.32. The van der Waals surface area contributed by atoms with Gasteiger partial charge in [-0.2, -0.15) is 0 Å². The minimum atomic E-state index is -2.77. The minimum Gasteiger partial charge on any atom is -0.480 e. The van der Waals surface area contributed by atoms with Gasteiger partial charge in [-0.25, -0.2) is 4.39 Å². The lowest BCUT2D eigenvalue weighted by molar-refractivity contribution is -0.387. The number of carboxylic acids is 2. The van der Waals surface area contributed by atoms with Gasteiger partial charge in [0.05, 0.1) is 4.92 Å². The van der Waals surface area contributed by atoms with E-state index < -0.39 is 55.9 Å². The maximum absolute atomic E-state index is 16.3. The highest BCUT2D eigenvalue weighted by molar-refractivity contribution is 6.06. The second-order valence-corrected chi connectivity index (χ2v) is 10.7. The van der Waals surface area contributed by atoms with Crippen molar-refractivity contribution >= 4 is 28.4 Å². The summed E-state index contributed by atoms with van der Waals surface area (Å²) in [4.78, 5) is 36.6. The predicted octanol–water partition coefficient (Wildman–Crippen LogP) is 6.43. The second kappa shape index (κ2) is 8.89. The third kappa shape index (κ3) is 4.14. The molecule has 0 heterocycles. The first-order valence-corrected chi connectivity index (χ1v) is 11.2. The van der Waals surface area contributed by atoms with E-state index in [1.165, 1.54) is 26.8 Å². The van der Waals surface area contributed by atoms with Crippen molar-refractivity contribution in [2.45, 2.75) is 52.4 Å². The number of carbonyl (C=O) groups is 2. The van der Waals surface area contributed by atoms with E-state index in [4.69, 9.17) is 4.74 Å². The fourth-order valence-corrected chi connectivity index (χ4v) is 4.51. The van der Waals surface area contributed by atoms with Crippen LogP contribution in [0.2, 0.25) is 0 Å². The first kappa shape index (κ1) is 26.6. The fourth-order valence-electron chi connectivity index (χ4n) is 4.51. The van der Waals surface area contributed by atoms with Gasteiger partial charge < -0.3 is 14.9 Å².